The smallest absolute Gasteiger partial charge is 0.410 e. The van der Waals surface area contributed by atoms with Crippen LogP contribution < -0.4 is 0 Å². The van der Waals surface area contributed by atoms with E-state index in [-0.39, 0.29) is 24.3 Å². The van der Waals surface area contributed by atoms with Gasteiger partial charge in [-0.05, 0) is 64.0 Å². The normalized spacial score (nSPS) is 22.2. The first kappa shape index (κ1) is 24.7. The summed E-state index contributed by atoms with van der Waals surface area (Å²) < 4.78 is 5.84. The molecule has 2 aromatic rings. The summed E-state index contributed by atoms with van der Waals surface area (Å²) in [6, 6.07) is 21.3. The van der Waals surface area contributed by atoms with E-state index >= 15 is 0 Å². The molecule has 184 valence electrons. The highest BCUT2D eigenvalue weighted by molar-refractivity contribution is 5.70. The largest absolute Gasteiger partial charge is 0.444 e. The molecule has 4 rings (SSSR count). The van der Waals surface area contributed by atoms with Gasteiger partial charge in [0.15, 0.2) is 0 Å². The number of benzene rings is 2. The Balaban J connectivity index is 1.32. The molecule has 1 amide bonds. The summed E-state index contributed by atoms with van der Waals surface area (Å²) in [6.07, 6.45) is 4.00. The Morgan fingerprint density at radius 2 is 1.68 bits per heavy atom. The third-order valence-electron chi connectivity index (χ3n) is 6.97. The van der Waals surface area contributed by atoms with Crippen LogP contribution in [-0.4, -0.2) is 64.4 Å². The van der Waals surface area contributed by atoms with Crippen molar-refractivity contribution in [2.75, 3.05) is 19.6 Å². The first-order valence-electron chi connectivity index (χ1n) is 12.8. The quantitative estimate of drug-likeness (QED) is 0.581. The molecule has 0 radical (unpaired) electrons. The van der Waals surface area contributed by atoms with E-state index in [1.807, 2.05) is 49.9 Å². The summed E-state index contributed by atoms with van der Waals surface area (Å²) in [4.78, 5) is 17.6. The molecule has 1 aliphatic carbocycles. The van der Waals surface area contributed by atoms with Crippen LogP contribution in [0.4, 0.5) is 4.79 Å². The Hall–Kier alpha value is -2.37. The molecule has 2 fully saturated rings. The second-order valence-corrected chi connectivity index (χ2v) is 10.9. The molecule has 1 unspecified atom stereocenters. The molecular formula is C29H40N2O3. The zero-order valence-electron chi connectivity index (χ0n) is 20.9. The predicted molar refractivity (Wildman–Crippen MR) is 136 cm³/mol. The van der Waals surface area contributed by atoms with Crippen LogP contribution in [-0.2, 0) is 11.2 Å². The first-order chi connectivity index (χ1) is 16.3. The maximum atomic E-state index is 13.2. The molecule has 2 aliphatic rings. The van der Waals surface area contributed by atoms with E-state index in [0.29, 0.717) is 12.5 Å². The van der Waals surface area contributed by atoms with E-state index < -0.39 is 5.60 Å². The average Bonchev–Trinajstić information content (AvgIpc) is 3.59. The van der Waals surface area contributed by atoms with Crippen molar-refractivity contribution in [3.8, 4) is 0 Å². The van der Waals surface area contributed by atoms with Crippen molar-refractivity contribution in [1.82, 2.24) is 9.80 Å². The molecule has 34 heavy (non-hydrogen) atoms. The third-order valence-corrected chi connectivity index (χ3v) is 6.97. The molecule has 5 nitrogen and oxygen atoms in total. The highest BCUT2D eigenvalue weighted by atomic mass is 16.6. The third kappa shape index (κ3) is 6.83. The lowest BCUT2D eigenvalue weighted by atomic mass is 10.0. The number of ether oxygens (including phenoxy) is 1. The summed E-state index contributed by atoms with van der Waals surface area (Å²) in [5.41, 5.74) is 2.07. The Morgan fingerprint density at radius 3 is 2.29 bits per heavy atom. The van der Waals surface area contributed by atoms with Crippen LogP contribution in [0.25, 0.3) is 0 Å². The number of aliphatic hydroxyl groups excluding tert-OH is 1. The van der Waals surface area contributed by atoms with Crippen LogP contribution in [0.3, 0.4) is 0 Å². The second kappa shape index (κ2) is 10.9. The number of carbonyl (C=O) groups is 1. The fourth-order valence-electron chi connectivity index (χ4n) is 5.16. The van der Waals surface area contributed by atoms with Gasteiger partial charge in [0.1, 0.15) is 5.60 Å². The minimum Gasteiger partial charge on any atom is -0.444 e. The maximum Gasteiger partial charge on any atom is 0.410 e. The van der Waals surface area contributed by atoms with E-state index in [2.05, 4.69) is 41.3 Å². The van der Waals surface area contributed by atoms with Crippen LogP contribution in [0, 0.1) is 0 Å². The molecule has 5 heteroatoms. The van der Waals surface area contributed by atoms with E-state index in [0.717, 1.165) is 45.2 Å². The number of likely N-dealkylation sites (tertiary alicyclic amines) is 1. The van der Waals surface area contributed by atoms with Crippen LogP contribution in [0.2, 0.25) is 0 Å². The van der Waals surface area contributed by atoms with Gasteiger partial charge in [0.25, 0.3) is 0 Å². The monoisotopic (exact) mass is 464 g/mol. The number of β-amino-alcohol motifs (C(OH)–C–C–N with tert-alkyl or cyclic N) is 1. The maximum absolute atomic E-state index is 13.2. The summed E-state index contributed by atoms with van der Waals surface area (Å²) in [5.74, 6) is 0.395. The summed E-state index contributed by atoms with van der Waals surface area (Å²) in [7, 11) is 0. The van der Waals surface area contributed by atoms with Gasteiger partial charge in [-0.25, -0.2) is 4.79 Å². The molecule has 0 bridgehead atoms. The summed E-state index contributed by atoms with van der Waals surface area (Å²) in [6.45, 7) is 8.30. The molecule has 0 aromatic heterocycles. The van der Waals surface area contributed by atoms with Gasteiger partial charge in [-0.3, -0.25) is 0 Å². The molecule has 1 aliphatic heterocycles. The molecule has 1 saturated carbocycles. The van der Waals surface area contributed by atoms with Crippen molar-refractivity contribution in [2.45, 2.75) is 82.6 Å². The van der Waals surface area contributed by atoms with E-state index in [1.165, 1.54) is 11.1 Å². The van der Waals surface area contributed by atoms with E-state index in [4.69, 9.17) is 4.74 Å². The van der Waals surface area contributed by atoms with Crippen LogP contribution in [0.5, 0.6) is 0 Å². The second-order valence-electron chi connectivity index (χ2n) is 10.9. The summed E-state index contributed by atoms with van der Waals surface area (Å²) >= 11 is 0. The van der Waals surface area contributed by atoms with Crippen LogP contribution in [0.1, 0.15) is 63.5 Å². The van der Waals surface area contributed by atoms with Gasteiger partial charge in [-0.2, -0.15) is 0 Å². The Morgan fingerprint density at radius 1 is 1.06 bits per heavy atom. The standard InChI is InChI=1S/C29H40N2O3/c1-29(2,3)34-28(33)31(27-20-26(27)23-12-8-5-9-13-23)24-16-18-30(19-17-24)21-25(32)15-14-22-10-6-4-7-11-22/h4-13,24-27,32H,14-21H2,1-3H3/t25?,26-,27+/m0/s1. The molecule has 1 N–H and O–H groups in total. The van der Waals surface area contributed by atoms with Crippen molar-refractivity contribution < 1.29 is 14.6 Å². The number of aliphatic hydroxyl groups is 1. The molecule has 1 heterocycles. The lowest BCUT2D eigenvalue weighted by molar-refractivity contribution is 0.00234. The lowest BCUT2D eigenvalue weighted by Crippen LogP contribution is -2.51. The van der Waals surface area contributed by atoms with Crippen molar-refractivity contribution in [2.24, 2.45) is 0 Å². The number of carbonyl (C=O) groups excluding carboxylic acids is 1. The highest BCUT2D eigenvalue weighted by Crippen LogP contribution is 2.46. The molecular weight excluding hydrogens is 424 g/mol. The zero-order valence-corrected chi connectivity index (χ0v) is 20.9. The number of rotatable bonds is 8. The first-order valence-corrected chi connectivity index (χ1v) is 12.8. The Labute approximate surface area is 204 Å². The predicted octanol–water partition coefficient (Wildman–Crippen LogP) is 5.24. The number of aryl methyl sites for hydroxylation is 1. The number of nitrogens with zero attached hydrogens (tertiary/aromatic N) is 2. The van der Waals surface area contributed by atoms with Crippen molar-refractivity contribution >= 4 is 6.09 Å². The fourth-order valence-corrected chi connectivity index (χ4v) is 5.16. The van der Waals surface area contributed by atoms with Crippen LogP contribution >= 0.6 is 0 Å². The molecule has 0 spiro atoms. The Kier molecular flexibility index (Phi) is 7.95. The number of hydrogen-bond acceptors (Lipinski definition) is 4. The minimum atomic E-state index is -0.504. The fraction of sp³-hybridized carbons (Fsp3) is 0.552. The lowest BCUT2D eigenvalue weighted by Gasteiger charge is -2.40. The molecule has 3 atom stereocenters. The van der Waals surface area contributed by atoms with Gasteiger partial charge >= 0.3 is 6.09 Å². The molecule has 1 saturated heterocycles. The zero-order chi connectivity index (χ0) is 24.1. The van der Waals surface area contributed by atoms with E-state index in [1.54, 1.807) is 0 Å². The summed E-state index contributed by atoms with van der Waals surface area (Å²) in [5, 5.41) is 10.6. The topological polar surface area (TPSA) is 53.0 Å². The average molecular weight is 465 g/mol. The van der Waals surface area contributed by atoms with E-state index in [9.17, 15) is 9.90 Å². The van der Waals surface area contributed by atoms with Gasteiger partial charge in [0.05, 0.1) is 6.10 Å². The minimum absolute atomic E-state index is 0.183. The van der Waals surface area contributed by atoms with Crippen LogP contribution in [0.15, 0.2) is 60.7 Å². The SMILES string of the molecule is CC(C)(C)OC(=O)N(C1CCN(CC(O)CCc2ccccc2)CC1)[C@@H]1C[C@H]1c1ccccc1. The molecule has 2 aromatic carbocycles. The number of hydrogen-bond donors (Lipinski definition) is 1. The van der Waals surface area contributed by atoms with Gasteiger partial charge in [-0.15, -0.1) is 0 Å². The van der Waals surface area contributed by atoms with Gasteiger partial charge < -0.3 is 19.6 Å². The van der Waals surface area contributed by atoms with Gasteiger partial charge in [0.2, 0.25) is 0 Å². The number of amides is 1. The number of piperidine rings is 1. The van der Waals surface area contributed by atoms with Crippen molar-refractivity contribution in [3.63, 3.8) is 0 Å². The van der Waals surface area contributed by atoms with Crippen molar-refractivity contribution in [3.05, 3.63) is 71.8 Å². The Bertz CT molecular complexity index is 904. The van der Waals surface area contributed by atoms with Gasteiger partial charge in [0, 0.05) is 37.6 Å². The van der Waals surface area contributed by atoms with Gasteiger partial charge in [-0.1, -0.05) is 60.7 Å². The van der Waals surface area contributed by atoms with Crippen molar-refractivity contribution in [1.29, 1.82) is 0 Å². The highest BCUT2D eigenvalue weighted by Gasteiger charge is 2.48.